The maximum Gasteiger partial charge on any atom is 0.348 e. The van der Waals surface area contributed by atoms with Crippen molar-refractivity contribution >= 4 is 29.2 Å². The summed E-state index contributed by atoms with van der Waals surface area (Å²) in [6.07, 6.45) is 4.91. The van der Waals surface area contributed by atoms with Gasteiger partial charge in [-0.15, -0.1) is 11.3 Å². The van der Waals surface area contributed by atoms with Crippen molar-refractivity contribution in [3.8, 4) is 0 Å². The number of rotatable bonds is 6. The first-order valence-corrected chi connectivity index (χ1v) is 9.17. The standard InChI is InChI=1S/C17H24N2O4S/c1-3-4-7-18-17(22)19-15(20)10-23-16(21)14-9-12-8-11(2)5-6-13(12)24-14/h9,11H,3-8,10H2,1-2H3,(H2,18,19,20,22)/t11-/m0/s1. The van der Waals surface area contributed by atoms with Gasteiger partial charge in [-0.05, 0) is 43.2 Å². The second-order valence-electron chi connectivity index (χ2n) is 6.14. The minimum Gasteiger partial charge on any atom is -0.451 e. The van der Waals surface area contributed by atoms with Gasteiger partial charge in [0.1, 0.15) is 4.88 Å². The second-order valence-corrected chi connectivity index (χ2v) is 7.28. The van der Waals surface area contributed by atoms with Crippen LogP contribution in [-0.2, 0) is 22.4 Å². The Kier molecular flexibility index (Phi) is 6.78. The average molecular weight is 352 g/mol. The molecule has 1 aliphatic carbocycles. The molecule has 0 saturated heterocycles. The van der Waals surface area contributed by atoms with Gasteiger partial charge in [0.05, 0.1) is 0 Å². The number of carbonyl (C=O) groups is 3. The SMILES string of the molecule is CCCCNC(=O)NC(=O)COC(=O)c1cc2c(s1)CC[C@H](C)C2. The van der Waals surface area contributed by atoms with Crippen molar-refractivity contribution in [2.24, 2.45) is 5.92 Å². The first-order valence-electron chi connectivity index (χ1n) is 8.36. The fourth-order valence-electron chi connectivity index (χ4n) is 2.59. The molecule has 7 heteroatoms. The molecule has 0 fully saturated rings. The van der Waals surface area contributed by atoms with E-state index in [2.05, 4.69) is 17.6 Å². The Labute approximate surface area is 146 Å². The Hall–Kier alpha value is -1.89. The van der Waals surface area contributed by atoms with Crippen LogP contribution in [-0.4, -0.2) is 31.1 Å². The van der Waals surface area contributed by atoms with E-state index in [0.717, 1.165) is 32.1 Å². The third-order valence-electron chi connectivity index (χ3n) is 3.93. The summed E-state index contributed by atoms with van der Waals surface area (Å²) in [5.74, 6) is -0.510. The number of aryl methyl sites for hydroxylation is 1. The molecule has 0 radical (unpaired) electrons. The maximum atomic E-state index is 12.1. The quantitative estimate of drug-likeness (QED) is 0.609. The van der Waals surface area contributed by atoms with E-state index in [9.17, 15) is 14.4 Å². The number of amides is 3. The van der Waals surface area contributed by atoms with E-state index in [1.165, 1.54) is 21.8 Å². The number of nitrogens with one attached hydrogen (secondary N) is 2. The van der Waals surface area contributed by atoms with Crippen LogP contribution in [0, 0.1) is 5.92 Å². The number of imide groups is 1. The molecular formula is C17H24N2O4S. The Balaban J connectivity index is 1.76. The van der Waals surface area contributed by atoms with Crippen LogP contribution in [0.1, 0.15) is 53.2 Å². The summed E-state index contributed by atoms with van der Waals surface area (Å²) < 4.78 is 5.00. The normalized spacial score (nSPS) is 16.2. The van der Waals surface area contributed by atoms with Gasteiger partial charge in [0.2, 0.25) is 0 Å². The number of thiophene rings is 1. The lowest BCUT2D eigenvalue weighted by Gasteiger charge is -2.16. The van der Waals surface area contributed by atoms with Crippen molar-refractivity contribution in [3.05, 3.63) is 21.4 Å². The molecule has 0 saturated carbocycles. The monoisotopic (exact) mass is 352 g/mol. The van der Waals surface area contributed by atoms with Gasteiger partial charge >= 0.3 is 12.0 Å². The molecule has 0 spiro atoms. The molecule has 24 heavy (non-hydrogen) atoms. The molecule has 2 rings (SSSR count). The highest BCUT2D eigenvalue weighted by atomic mass is 32.1. The van der Waals surface area contributed by atoms with Crippen molar-refractivity contribution < 1.29 is 19.1 Å². The van der Waals surface area contributed by atoms with E-state index in [4.69, 9.17) is 4.74 Å². The number of esters is 1. The van der Waals surface area contributed by atoms with Gasteiger partial charge < -0.3 is 10.1 Å². The molecule has 0 unspecified atom stereocenters. The van der Waals surface area contributed by atoms with Crippen LogP contribution >= 0.6 is 11.3 Å². The molecule has 1 aromatic rings. The van der Waals surface area contributed by atoms with E-state index in [1.54, 1.807) is 0 Å². The number of hydrogen-bond acceptors (Lipinski definition) is 5. The smallest absolute Gasteiger partial charge is 0.348 e. The molecule has 0 bridgehead atoms. The zero-order valence-electron chi connectivity index (χ0n) is 14.1. The minimum atomic E-state index is -0.632. The number of hydrogen-bond donors (Lipinski definition) is 2. The van der Waals surface area contributed by atoms with E-state index >= 15 is 0 Å². The highest BCUT2D eigenvalue weighted by Crippen LogP contribution is 2.32. The number of ether oxygens (including phenoxy) is 1. The van der Waals surface area contributed by atoms with Crippen LogP contribution in [0.15, 0.2) is 6.07 Å². The summed E-state index contributed by atoms with van der Waals surface area (Å²) in [5.41, 5.74) is 1.21. The first-order chi connectivity index (χ1) is 11.5. The van der Waals surface area contributed by atoms with Gasteiger partial charge in [0.15, 0.2) is 6.61 Å². The molecule has 1 aliphatic rings. The second kappa shape index (κ2) is 8.82. The van der Waals surface area contributed by atoms with Gasteiger partial charge in [-0.25, -0.2) is 9.59 Å². The maximum absolute atomic E-state index is 12.1. The molecule has 132 valence electrons. The highest BCUT2D eigenvalue weighted by Gasteiger charge is 2.21. The summed E-state index contributed by atoms with van der Waals surface area (Å²) in [7, 11) is 0. The number of fused-ring (bicyclic) bond motifs is 1. The van der Waals surface area contributed by atoms with E-state index < -0.39 is 24.5 Å². The van der Waals surface area contributed by atoms with Crippen LogP contribution in [0.2, 0.25) is 0 Å². The molecule has 1 heterocycles. The fourth-order valence-corrected chi connectivity index (χ4v) is 3.70. The Bertz CT molecular complexity index is 612. The first kappa shape index (κ1) is 18.4. The zero-order valence-corrected chi connectivity index (χ0v) is 15.0. The molecule has 2 N–H and O–H groups in total. The molecule has 0 aliphatic heterocycles. The third-order valence-corrected chi connectivity index (χ3v) is 5.15. The summed E-state index contributed by atoms with van der Waals surface area (Å²) in [4.78, 5) is 36.8. The predicted octanol–water partition coefficient (Wildman–Crippen LogP) is 2.66. The van der Waals surface area contributed by atoms with Gasteiger partial charge in [0.25, 0.3) is 5.91 Å². The van der Waals surface area contributed by atoms with Gasteiger partial charge in [0, 0.05) is 11.4 Å². The number of urea groups is 1. The topological polar surface area (TPSA) is 84.5 Å². The lowest BCUT2D eigenvalue weighted by molar-refractivity contribution is -0.123. The fraction of sp³-hybridized carbons (Fsp3) is 0.588. The summed E-state index contributed by atoms with van der Waals surface area (Å²) in [6.45, 7) is 4.26. The Morgan fingerprint density at radius 3 is 2.92 bits per heavy atom. The lowest BCUT2D eigenvalue weighted by atomic mass is 9.90. The molecule has 6 nitrogen and oxygen atoms in total. The lowest BCUT2D eigenvalue weighted by Crippen LogP contribution is -2.41. The number of unbranched alkanes of at least 4 members (excludes halogenated alkanes) is 1. The summed E-state index contributed by atoms with van der Waals surface area (Å²) in [6, 6.07) is 1.30. The van der Waals surface area contributed by atoms with Crippen LogP contribution < -0.4 is 10.6 Å². The van der Waals surface area contributed by atoms with E-state index in [-0.39, 0.29) is 0 Å². The van der Waals surface area contributed by atoms with Crippen LogP contribution in [0.25, 0.3) is 0 Å². The van der Waals surface area contributed by atoms with Gasteiger partial charge in [-0.2, -0.15) is 0 Å². The molecule has 3 amide bonds. The van der Waals surface area contributed by atoms with E-state index in [0.29, 0.717) is 17.3 Å². The minimum absolute atomic E-state index is 0.459. The average Bonchev–Trinajstić information content (AvgIpc) is 2.96. The highest BCUT2D eigenvalue weighted by molar-refractivity contribution is 7.14. The van der Waals surface area contributed by atoms with Crippen LogP contribution in [0.3, 0.4) is 0 Å². The molecule has 0 aromatic carbocycles. The van der Waals surface area contributed by atoms with Crippen LogP contribution in [0.5, 0.6) is 0 Å². The molecule has 1 atom stereocenters. The zero-order chi connectivity index (χ0) is 17.5. The number of carbonyl (C=O) groups excluding carboxylic acids is 3. The van der Waals surface area contributed by atoms with E-state index in [1.807, 2.05) is 13.0 Å². The van der Waals surface area contributed by atoms with Crippen molar-refractivity contribution in [3.63, 3.8) is 0 Å². The van der Waals surface area contributed by atoms with Crippen molar-refractivity contribution in [1.29, 1.82) is 0 Å². The largest absolute Gasteiger partial charge is 0.451 e. The third kappa shape index (κ3) is 5.33. The van der Waals surface area contributed by atoms with Gasteiger partial charge in [-0.1, -0.05) is 20.3 Å². The Morgan fingerprint density at radius 1 is 1.38 bits per heavy atom. The Morgan fingerprint density at radius 2 is 2.17 bits per heavy atom. The molecule has 1 aromatic heterocycles. The predicted molar refractivity (Wildman–Crippen MR) is 92.2 cm³/mol. The van der Waals surface area contributed by atoms with Crippen molar-refractivity contribution in [2.45, 2.75) is 46.0 Å². The van der Waals surface area contributed by atoms with Crippen LogP contribution in [0.4, 0.5) is 4.79 Å². The van der Waals surface area contributed by atoms with Crippen molar-refractivity contribution in [2.75, 3.05) is 13.2 Å². The van der Waals surface area contributed by atoms with Gasteiger partial charge in [-0.3, -0.25) is 10.1 Å². The van der Waals surface area contributed by atoms with Crippen molar-refractivity contribution in [1.82, 2.24) is 10.6 Å². The molecular weight excluding hydrogens is 328 g/mol. The summed E-state index contributed by atoms with van der Waals surface area (Å²) in [5, 5.41) is 4.70. The summed E-state index contributed by atoms with van der Waals surface area (Å²) >= 11 is 1.44.